The predicted octanol–water partition coefficient (Wildman–Crippen LogP) is 3.78. The summed E-state index contributed by atoms with van der Waals surface area (Å²) in [5.41, 5.74) is 0.647. The monoisotopic (exact) mass is 384 g/mol. The molecule has 0 saturated carbocycles. The third-order valence-electron chi connectivity index (χ3n) is 5.67. The topological polar surface area (TPSA) is 40.6 Å². The number of hydrogen-bond acceptors (Lipinski definition) is 3. The summed E-state index contributed by atoms with van der Waals surface area (Å²) in [6.07, 6.45) is 4.53. The summed E-state index contributed by atoms with van der Waals surface area (Å²) in [5.74, 6) is 1.40. The van der Waals surface area contributed by atoms with Crippen LogP contribution in [-0.4, -0.2) is 50.3 Å². The summed E-state index contributed by atoms with van der Waals surface area (Å²) in [6, 6.07) is 5.12. The van der Waals surface area contributed by atoms with E-state index in [0.717, 1.165) is 25.3 Å². The zero-order valence-electron chi connectivity index (χ0n) is 15.2. The van der Waals surface area contributed by atoms with E-state index in [1.165, 1.54) is 25.9 Å². The lowest BCUT2D eigenvalue weighted by molar-refractivity contribution is 0.136. The van der Waals surface area contributed by atoms with Crippen molar-refractivity contribution in [1.82, 2.24) is 9.21 Å². The van der Waals surface area contributed by atoms with Crippen molar-refractivity contribution in [2.24, 2.45) is 11.8 Å². The predicted molar refractivity (Wildman–Crippen MR) is 103 cm³/mol. The van der Waals surface area contributed by atoms with Gasteiger partial charge in [-0.1, -0.05) is 24.6 Å². The van der Waals surface area contributed by atoms with E-state index in [4.69, 9.17) is 11.6 Å². The van der Waals surface area contributed by atoms with Crippen molar-refractivity contribution in [3.63, 3.8) is 0 Å². The van der Waals surface area contributed by atoms with E-state index in [2.05, 4.69) is 11.8 Å². The quantitative estimate of drug-likeness (QED) is 0.793. The fraction of sp³-hybridized carbons (Fsp3) is 0.684. The van der Waals surface area contributed by atoms with Gasteiger partial charge in [-0.05, 0) is 68.7 Å². The molecule has 0 spiro atoms. The van der Waals surface area contributed by atoms with Gasteiger partial charge in [-0.2, -0.15) is 4.31 Å². The highest BCUT2D eigenvalue weighted by Crippen LogP contribution is 2.29. The van der Waals surface area contributed by atoms with Crippen LogP contribution in [0.5, 0.6) is 0 Å². The van der Waals surface area contributed by atoms with E-state index in [1.54, 1.807) is 29.4 Å². The first-order chi connectivity index (χ1) is 11.9. The maximum absolute atomic E-state index is 13.0. The van der Waals surface area contributed by atoms with Crippen LogP contribution in [0.25, 0.3) is 0 Å². The molecule has 0 aromatic heterocycles. The summed E-state index contributed by atoms with van der Waals surface area (Å²) in [5, 5.41) is 0.509. The molecule has 0 radical (unpaired) electrons. The lowest BCUT2D eigenvalue weighted by Crippen LogP contribution is -2.43. The number of halogens is 1. The van der Waals surface area contributed by atoms with E-state index in [-0.39, 0.29) is 0 Å². The number of rotatable bonds is 4. The zero-order chi connectivity index (χ0) is 18.0. The molecule has 140 valence electrons. The average molecular weight is 385 g/mol. The molecule has 25 heavy (non-hydrogen) atoms. The Balaban J connectivity index is 1.60. The minimum atomic E-state index is -3.45. The highest BCUT2D eigenvalue weighted by Gasteiger charge is 2.31. The molecular weight excluding hydrogens is 356 g/mol. The molecule has 1 aromatic carbocycles. The SMILES string of the molecule is Cc1c(Cl)cccc1S(=O)(=O)N1CCC(CN2CCC[C@@H](C)C2)CC1. The summed E-state index contributed by atoms with van der Waals surface area (Å²) < 4.78 is 27.6. The molecule has 2 saturated heterocycles. The number of benzene rings is 1. The third-order valence-corrected chi connectivity index (χ3v) is 8.12. The van der Waals surface area contributed by atoms with E-state index >= 15 is 0 Å². The molecule has 0 bridgehead atoms. The Morgan fingerprint density at radius 2 is 1.88 bits per heavy atom. The van der Waals surface area contributed by atoms with Crippen molar-refractivity contribution in [3.05, 3.63) is 28.8 Å². The van der Waals surface area contributed by atoms with Crippen LogP contribution in [0, 0.1) is 18.8 Å². The number of likely N-dealkylation sites (tertiary alicyclic amines) is 1. The van der Waals surface area contributed by atoms with Gasteiger partial charge in [-0.25, -0.2) is 8.42 Å². The molecule has 3 rings (SSSR count). The van der Waals surface area contributed by atoms with Gasteiger partial charge in [0.05, 0.1) is 4.90 Å². The molecule has 1 aromatic rings. The van der Waals surface area contributed by atoms with Crippen molar-refractivity contribution in [3.8, 4) is 0 Å². The average Bonchev–Trinajstić information content (AvgIpc) is 2.58. The van der Waals surface area contributed by atoms with Gasteiger partial charge in [0.2, 0.25) is 10.0 Å². The maximum Gasteiger partial charge on any atom is 0.243 e. The lowest BCUT2D eigenvalue weighted by Gasteiger charge is -2.37. The Hall–Kier alpha value is -0.620. The van der Waals surface area contributed by atoms with Gasteiger partial charge in [0.15, 0.2) is 0 Å². The maximum atomic E-state index is 13.0. The number of piperidine rings is 2. The fourth-order valence-electron chi connectivity index (χ4n) is 4.16. The Bertz CT molecular complexity index is 699. The summed E-state index contributed by atoms with van der Waals surface area (Å²) in [7, 11) is -3.45. The van der Waals surface area contributed by atoms with Gasteiger partial charge < -0.3 is 4.90 Å². The molecule has 2 fully saturated rings. The first-order valence-corrected chi connectivity index (χ1v) is 11.2. The molecular formula is C19H29ClN2O2S. The Kier molecular flexibility index (Phi) is 6.09. The molecule has 1 atom stereocenters. The fourth-order valence-corrected chi connectivity index (χ4v) is 6.10. The second-order valence-electron chi connectivity index (χ2n) is 7.72. The van der Waals surface area contributed by atoms with Crippen molar-refractivity contribution < 1.29 is 8.42 Å². The molecule has 0 N–H and O–H groups in total. The van der Waals surface area contributed by atoms with Crippen molar-refractivity contribution in [1.29, 1.82) is 0 Å². The van der Waals surface area contributed by atoms with Crippen LogP contribution in [0.15, 0.2) is 23.1 Å². The van der Waals surface area contributed by atoms with E-state index < -0.39 is 10.0 Å². The Labute approximate surface area is 157 Å². The van der Waals surface area contributed by atoms with Crippen LogP contribution in [-0.2, 0) is 10.0 Å². The molecule has 2 aliphatic heterocycles. The van der Waals surface area contributed by atoms with Crippen molar-refractivity contribution in [2.75, 3.05) is 32.7 Å². The van der Waals surface area contributed by atoms with Crippen LogP contribution in [0.1, 0.15) is 38.2 Å². The Morgan fingerprint density at radius 1 is 1.16 bits per heavy atom. The zero-order valence-corrected chi connectivity index (χ0v) is 16.8. The van der Waals surface area contributed by atoms with E-state index in [9.17, 15) is 8.42 Å². The molecule has 4 nitrogen and oxygen atoms in total. The van der Waals surface area contributed by atoms with Crippen molar-refractivity contribution >= 4 is 21.6 Å². The Morgan fingerprint density at radius 3 is 2.56 bits per heavy atom. The van der Waals surface area contributed by atoms with Gasteiger partial charge in [0, 0.05) is 31.2 Å². The smallest absolute Gasteiger partial charge is 0.243 e. The normalized spacial score (nSPS) is 24.5. The summed E-state index contributed by atoms with van der Waals surface area (Å²) in [6.45, 7) is 8.85. The van der Waals surface area contributed by atoms with Gasteiger partial charge in [-0.15, -0.1) is 0 Å². The minimum Gasteiger partial charge on any atom is -0.303 e. The molecule has 2 aliphatic rings. The van der Waals surface area contributed by atoms with Gasteiger partial charge in [-0.3, -0.25) is 0 Å². The molecule has 0 amide bonds. The lowest BCUT2D eigenvalue weighted by atomic mass is 9.94. The summed E-state index contributed by atoms with van der Waals surface area (Å²) in [4.78, 5) is 2.92. The van der Waals surface area contributed by atoms with Gasteiger partial charge in [0.1, 0.15) is 0 Å². The third kappa shape index (κ3) is 4.38. The largest absolute Gasteiger partial charge is 0.303 e. The highest BCUT2D eigenvalue weighted by molar-refractivity contribution is 7.89. The number of nitrogens with zero attached hydrogens (tertiary/aromatic N) is 2. The summed E-state index contributed by atoms with van der Waals surface area (Å²) >= 11 is 6.11. The van der Waals surface area contributed by atoms with Crippen LogP contribution in [0.3, 0.4) is 0 Å². The van der Waals surface area contributed by atoms with Crippen LogP contribution >= 0.6 is 11.6 Å². The number of hydrogen-bond donors (Lipinski definition) is 0. The second kappa shape index (κ2) is 7.95. The van der Waals surface area contributed by atoms with Crippen LogP contribution in [0.4, 0.5) is 0 Å². The molecule has 2 heterocycles. The van der Waals surface area contributed by atoms with Gasteiger partial charge in [0.25, 0.3) is 0 Å². The molecule has 6 heteroatoms. The number of sulfonamides is 1. The second-order valence-corrected chi connectivity index (χ2v) is 10.0. The van der Waals surface area contributed by atoms with Gasteiger partial charge >= 0.3 is 0 Å². The molecule has 0 aliphatic carbocycles. The van der Waals surface area contributed by atoms with Crippen molar-refractivity contribution in [2.45, 2.75) is 44.4 Å². The van der Waals surface area contributed by atoms with Crippen LogP contribution in [0.2, 0.25) is 5.02 Å². The first-order valence-electron chi connectivity index (χ1n) is 9.35. The van der Waals surface area contributed by atoms with E-state index in [1.807, 2.05) is 0 Å². The van der Waals surface area contributed by atoms with Crippen LogP contribution < -0.4 is 0 Å². The van der Waals surface area contributed by atoms with E-state index in [0.29, 0.717) is 34.5 Å². The minimum absolute atomic E-state index is 0.350. The first kappa shape index (κ1) is 19.2. The standard InChI is InChI=1S/C19H29ClN2O2S/c1-15-5-4-10-21(13-15)14-17-8-11-22(12-9-17)25(23,24)19-7-3-6-18(20)16(19)2/h3,6-7,15,17H,4-5,8-14H2,1-2H3/t15-/m1/s1. The highest BCUT2D eigenvalue weighted by atomic mass is 35.5. The molecule has 0 unspecified atom stereocenters.